The molecule has 0 spiro atoms. The molecule has 0 saturated heterocycles. The van der Waals surface area contributed by atoms with E-state index in [1.54, 1.807) is 38.5 Å². The van der Waals surface area contributed by atoms with Crippen LogP contribution in [0.2, 0.25) is 0 Å². The van der Waals surface area contributed by atoms with Crippen LogP contribution in [0.4, 0.5) is 0 Å². The van der Waals surface area contributed by atoms with Gasteiger partial charge in [-0.15, -0.1) is 0 Å². The van der Waals surface area contributed by atoms with Gasteiger partial charge in [-0.05, 0) is 55.3 Å². The molecule has 0 aromatic rings. The summed E-state index contributed by atoms with van der Waals surface area (Å²) in [5.74, 6) is 5.75. The second kappa shape index (κ2) is 2.49. The minimum Gasteiger partial charge on any atom is -0.0625 e. The fraction of sp³-hybridized carbons (Fsp3) is 1.00. The van der Waals surface area contributed by atoms with Gasteiger partial charge in [0.1, 0.15) is 0 Å². The molecule has 0 aromatic carbocycles. The molecule has 3 aliphatic rings. The van der Waals surface area contributed by atoms with Crippen molar-refractivity contribution in [3.63, 3.8) is 0 Å². The first kappa shape index (κ1) is 7.41. The first-order valence-electron chi connectivity index (χ1n) is 5.84. The van der Waals surface area contributed by atoms with Crippen LogP contribution < -0.4 is 0 Å². The third-order valence-electron chi connectivity index (χ3n) is 4.86. The van der Waals surface area contributed by atoms with Crippen molar-refractivity contribution in [3.05, 3.63) is 0 Å². The zero-order chi connectivity index (χ0) is 8.13. The van der Waals surface area contributed by atoms with Crippen LogP contribution in [0.25, 0.3) is 0 Å². The molecule has 0 nitrogen and oxygen atoms in total. The van der Waals surface area contributed by atoms with Gasteiger partial charge < -0.3 is 0 Å². The van der Waals surface area contributed by atoms with Gasteiger partial charge in [0.25, 0.3) is 0 Å². The molecule has 5 atom stereocenters. The molecule has 12 heavy (non-hydrogen) atoms. The van der Waals surface area contributed by atoms with Gasteiger partial charge in [0.2, 0.25) is 0 Å². The standard InChI is InChI=1S/C12H20/c1-8-5-10-7-9-3-2-4-11(9)12(10)6-8/h8-12H,2-7H2,1H3. The molecule has 0 heteroatoms. The summed E-state index contributed by atoms with van der Waals surface area (Å²) in [4.78, 5) is 0. The van der Waals surface area contributed by atoms with Crippen molar-refractivity contribution >= 4 is 0 Å². The largest absolute Gasteiger partial charge is 0.0625 e. The summed E-state index contributed by atoms with van der Waals surface area (Å²) in [6.45, 7) is 2.46. The van der Waals surface area contributed by atoms with Crippen molar-refractivity contribution in [1.82, 2.24) is 0 Å². The minimum atomic E-state index is 1.06. The average Bonchev–Trinajstić information content (AvgIpc) is 2.59. The quantitative estimate of drug-likeness (QED) is 0.514. The maximum Gasteiger partial charge on any atom is -0.0352 e. The Hall–Kier alpha value is 0. The topological polar surface area (TPSA) is 0 Å². The second-order valence-electron chi connectivity index (χ2n) is 5.59. The third kappa shape index (κ3) is 0.900. The van der Waals surface area contributed by atoms with E-state index < -0.39 is 0 Å². The van der Waals surface area contributed by atoms with Crippen molar-refractivity contribution in [2.75, 3.05) is 0 Å². The zero-order valence-corrected chi connectivity index (χ0v) is 8.13. The summed E-state index contributed by atoms with van der Waals surface area (Å²) in [5, 5.41) is 0. The molecule has 0 N–H and O–H groups in total. The Bertz CT molecular complexity index is 184. The number of fused-ring (bicyclic) bond motifs is 3. The average molecular weight is 164 g/mol. The van der Waals surface area contributed by atoms with Crippen LogP contribution in [0.5, 0.6) is 0 Å². The van der Waals surface area contributed by atoms with E-state index in [2.05, 4.69) is 6.92 Å². The van der Waals surface area contributed by atoms with E-state index in [-0.39, 0.29) is 0 Å². The van der Waals surface area contributed by atoms with Crippen molar-refractivity contribution in [1.29, 1.82) is 0 Å². The highest BCUT2D eigenvalue weighted by atomic mass is 14.5. The lowest BCUT2D eigenvalue weighted by Gasteiger charge is -2.16. The first-order chi connectivity index (χ1) is 5.84. The summed E-state index contributed by atoms with van der Waals surface area (Å²) >= 11 is 0. The fourth-order valence-corrected chi connectivity index (χ4v) is 4.55. The molecular weight excluding hydrogens is 144 g/mol. The minimum absolute atomic E-state index is 1.06. The Morgan fingerprint density at radius 2 is 1.75 bits per heavy atom. The van der Waals surface area contributed by atoms with Crippen LogP contribution in [-0.2, 0) is 0 Å². The monoisotopic (exact) mass is 164 g/mol. The van der Waals surface area contributed by atoms with Gasteiger partial charge in [0, 0.05) is 0 Å². The highest BCUT2D eigenvalue weighted by Gasteiger charge is 2.48. The van der Waals surface area contributed by atoms with E-state index in [0.29, 0.717) is 0 Å². The summed E-state index contributed by atoms with van der Waals surface area (Å²) in [7, 11) is 0. The second-order valence-corrected chi connectivity index (χ2v) is 5.59. The van der Waals surface area contributed by atoms with Crippen LogP contribution in [-0.4, -0.2) is 0 Å². The van der Waals surface area contributed by atoms with Crippen molar-refractivity contribution in [2.45, 2.75) is 45.4 Å². The van der Waals surface area contributed by atoms with Gasteiger partial charge in [-0.3, -0.25) is 0 Å². The van der Waals surface area contributed by atoms with Gasteiger partial charge in [0.15, 0.2) is 0 Å². The van der Waals surface area contributed by atoms with E-state index in [9.17, 15) is 0 Å². The first-order valence-corrected chi connectivity index (χ1v) is 5.84. The molecule has 3 rings (SSSR count). The molecule has 0 aliphatic heterocycles. The van der Waals surface area contributed by atoms with Gasteiger partial charge >= 0.3 is 0 Å². The Balaban J connectivity index is 1.80. The van der Waals surface area contributed by atoms with Gasteiger partial charge in [-0.2, -0.15) is 0 Å². The van der Waals surface area contributed by atoms with Gasteiger partial charge in [-0.1, -0.05) is 19.8 Å². The fourth-order valence-electron chi connectivity index (χ4n) is 4.55. The predicted molar refractivity (Wildman–Crippen MR) is 50.8 cm³/mol. The Kier molecular flexibility index (Phi) is 1.54. The molecule has 3 saturated carbocycles. The Morgan fingerprint density at radius 3 is 2.67 bits per heavy atom. The molecule has 0 radical (unpaired) electrons. The van der Waals surface area contributed by atoms with Crippen LogP contribution in [0, 0.1) is 29.6 Å². The van der Waals surface area contributed by atoms with E-state index in [4.69, 9.17) is 0 Å². The lowest BCUT2D eigenvalue weighted by Crippen LogP contribution is -2.09. The molecule has 3 aliphatic carbocycles. The highest BCUT2D eigenvalue weighted by Crippen LogP contribution is 2.57. The summed E-state index contributed by atoms with van der Waals surface area (Å²) in [6, 6.07) is 0. The van der Waals surface area contributed by atoms with Crippen molar-refractivity contribution < 1.29 is 0 Å². The van der Waals surface area contributed by atoms with Crippen LogP contribution >= 0.6 is 0 Å². The molecule has 68 valence electrons. The highest BCUT2D eigenvalue weighted by molar-refractivity contribution is 4.98. The molecule has 0 amide bonds. The number of hydrogen-bond donors (Lipinski definition) is 0. The predicted octanol–water partition coefficient (Wildman–Crippen LogP) is 3.47. The SMILES string of the molecule is CC1CC2CC3CCCC3C2C1. The Labute approximate surface area is 75.7 Å². The van der Waals surface area contributed by atoms with Crippen LogP contribution in [0.1, 0.15) is 45.4 Å². The van der Waals surface area contributed by atoms with E-state index in [0.717, 1.165) is 11.8 Å². The van der Waals surface area contributed by atoms with Gasteiger partial charge in [0.05, 0.1) is 0 Å². The van der Waals surface area contributed by atoms with Crippen molar-refractivity contribution in [3.8, 4) is 0 Å². The maximum absolute atomic E-state index is 2.46. The van der Waals surface area contributed by atoms with Gasteiger partial charge in [-0.25, -0.2) is 0 Å². The smallest absolute Gasteiger partial charge is 0.0352 e. The zero-order valence-electron chi connectivity index (χ0n) is 8.13. The molecule has 0 aromatic heterocycles. The normalized spacial score (nSPS) is 57.2. The van der Waals surface area contributed by atoms with Crippen molar-refractivity contribution in [2.24, 2.45) is 29.6 Å². The number of hydrogen-bond acceptors (Lipinski definition) is 0. The molecule has 0 bridgehead atoms. The summed E-state index contributed by atoms with van der Waals surface area (Å²) < 4.78 is 0. The molecular formula is C12H20. The lowest BCUT2D eigenvalue weighted by atomic mass is 9.89. The lowest BCUT2D eigenvalue weighted by molar-refractivity contribution is 0.326. The molecule has 3 fully saturated rings. The van der Waals surface area contributed by atoms with Crippen LogP contribution in [0.3, 0.4) is 0 Å². The molecule has 5 unspecified atom stereocenters. The van der Waals surface area contributed by atoms with E-state index in [1.165, 1.54) is 17.8 Å². The summed E-state index contributed by atoms with van der Waals surface area (Å²) in [5.41, 5.74) is 0. The summed E-state index contributed by atoms with van der Waals surface area (Å²) in [6.07, 6.45) is 9.46. The van der Waals surface area contributed by atoms with E-state index in [1.807, 2.05) is 0 Å². The van der Waals surface area contributed by atoms with E-state index >= 15 is 0 Å². The van der Waals surface area contributed by atoms with Crippen LogP contribution in [0.15, 0.2) is 0 Å². The Morgan fingerprint density at radius 1 is 0.833 bits per heavy atom. The third-order valence-corrected chi connectivity index (χ3v) is 4.86. The maximum atomic E-state index is 2.46. The molecule has 0 heterocycles. The number of rotatable bonds is 0.